The van der Waals surface area contributed by atoms with Crippen molar-refractivity contribution in [3.8, 4) is 5.75 Å². The topological polar surface area (TPSA) is 18.5 Å². The summed E-state index contributed by atoms with van der Waals surface area (Å²) >= 11 is 3.41. The molecule has 1 aromatic carbocycles. The third-order valence-corrected chi connectivity index (χ3v) is 2.77. The van der Waals surface area contributed by atoms with E-state index in [2.05, 4.69) is 22.0 Å². The smallest absolute Gasteiger partial charge is 0.123 e. The molecule has 1 fully saturated rings. The van der Waals surface area contributed by atoms with Gasteiger partial charge in [-0.2, -0.15) is 0 Å². The lowest BCUT2D eigenvalue weighted by Gasteiger charge is -2.27. The van der Waals surface area contributed by atoms with Crippen LogP contribution in [0.4, 0.5) is 0 Å². The summed E-state index contributed by atoms with van der Waals surface area (Å²) in [4.78, 5) is 0. The number of rotatable bonds is 2. The lowest BCUT2D eigenvalue weighted by atomic mass is 9.97. The average molecular weight is 243 g/mol. The van der Waals surface area contributed by atoms with Gasteiger partial charge in [0.1, 0.15) is 5.75 Å². The Hall–Kier alpha value is -0.540. The van der Waals surface area contributed by atoms with E-state index in [1.54, 1.807) is 7.11 Å². The fraction of sp³-hybridized carbons (Fsp3) is 0.400. The van der Waals surface area contributed by atoms with Gasteiger partial charge in [-0.05, 0) is 12.1 Å². The Morgan fingerprint density at radius 2 is 2.23 bits per heavy atom. The molecule has 0 bridgehead atoms. The van der Waals surface area contributed by atoms with E-state index in [1.807, 2.05) is 12.1 Å². The van der Waals surface area contributed by atoms with E-state index in [4.69, 9.17) is 9.47 Å². The Labute approximate surface area is 86.0 Å². The predicted molar refractivity (Wildman–Crippen MR) is 54.3 cm³/mol. The maximum Gasteiger partial charge on any atom is 0.123 e. The largest absolute Gasteiger partial charge is 0.496 e. The second kappa shape index (κ2) is 3.68. The van der Waals surface area contributed by atoms with Gasteiger partial charge < -0.3 is 9.47 Å². The van der Waals surface area contributed by atoms with Crippen LogP contribution in [0.2, 0.25) is 0 Å². The van der Waals surface area contributed by atoms with Gasteiger partial charge in [0.05, 0.1) is 20.3 Å². The average Bonchev–Trinajstić information content (AvgIpc) is 2.05. The molecule has 0 saturated carbocycles. The molecule has 0 atom stereocenters. The summed E-state index contributed by atoms with van der Waals surface area (Å²) < 4.78 is 11.5. The van der Waals surface area contributed by atoms with Crippen molar-refractivity contribution in [2.75, 3.05) is 20.3 Å². The summed E-state index contributed by atoms with van der Waals surface area (Å²) in [6, 6.07) is 6.12. The molecule has 2 rings (SSSR count). The number of methoxy groups -OCH3 is 1. The van der Waals surface area contributed by atoms with E-state index in [0.29, 0.717) is 5.92 Å². The summed E-state index contributed by atoms with van der Waals surface area (Å²) in [5.41, 5.74) is 1.25. The SMILES string of the molecule is COc1cc(Br)ccc1C1COC1. The van der Waals surface area contributed by atoms with E-state index >= 15 is 0 Å². The zero-order valence-electron chi connectivity index (χ0n) is 7.42. The molecule has 1 heterocycles. The van der Waals surface area contributed by atoms with Crippen LogP contribution in [0.1, 0.15) is 11.5 Å². The highest BCUT2D eigenvalue weighted by Gasteiger charge is 2.23. The lowest BCUT2D eigenvalue weighted by Crippen LogP contribution is -2.25. The first-order valence-corrected chi connectivity index (χ1v) is 5.01. The van der Waals surface area contributed by atoms with Gasteiger partial charge >= 0.3 is 0 Å². The van der Waals surface area contributed by atoms with Gasteiger partial charge in [0.25, 0.3) is 0 Å². The number of ether oxygens (including phenoxy) is 2. The molecule has 2 nitrogen and oxygen atoms in total. The van der Waals surface area contributed by atoms with Crippen LogP contribution in [0.3, 0.4) is 0 Å². The molecule has 70 valence electrons. The van der Waals surface area contributed by atoms with Crippen LogP contribution in [0.15, 0.2) is 22.7 Å². The van der Waals surface area contributed by atoms with Gasteiger partial charge in [-0.25, -0.2) is 0 Å². The molecule has 0 aromatic heterocycles. The number of hydrogen-bond donors (Lipinski definition) is 0. The van der Waals surface area contributed by atoms with Gasteiger partial charge in [-0.3, -0.25) is 0 Å². The van der Waals surface area contributed by atoms with Crippen molar-refractivity contribution >= 4 is 15.9 Å². The van der Waals surface area contributed by atoms with Gasteiger partial charge in [0.15, 0.2) is 0 Å². The van der Waals surface area contributed by atoms with Crippen LogP contribution in [0, 0.1) is 0 Å². The van der Waals surface area contributed by atoms with Crippen molar-refractivity contribution < 1.29 is 9.47 Å². The van der Waals surface area contributed by atoms with Gasteiger partial charge in [-0.15, -0.1) is 0 Å². The molecule has 1 aliphatic heterocycles. The van der Waals surface area contributed by atoms with Crippen LogP contribution in [0.25, 0.3) is 0 Å². The Balaban J connectivity index is 2.32. The first-order chi connectivity index (χ1) is 6.31. The third kappa shape index (κ3) is 1.71. The summed E-state index contributed by atoms with van der Waals surface area (Å²) in [5.74, 6) is 1.46. The first kappa shape index (κ1) is 9.03. The summed E-state index contributed by atoms with van der Waals surface area (Å²) in [5, 5.41) is 0. The highest BCUT2D eigenvalue weighted by atomic mass is 79.9. The highest BCUT2D eigenvalue weighted by molar-refractivity contribution is 9.10. The highest BCUT2D eigenvalue weighted by Crippen LogP contribution is 2.33. The molecule has 1 saturated heterocycles. The number of benzene rings is 1. The Morgan fingerprint density at radius 3 is 2.77 bits per heavy atom. The molecule has 0 N–H and O–H groups in total. The molecule has 0 amide bonds. The van der Waals surface area contributed by atoms with Crippen molar-refractivity contribution in [2.45, 2.75) is 5.92 Å². The van der Waals surface area contributed by atoms with E-state index in [9.17, 15) is 0 Å². The number of halogens is 1. The quantitative estimate of drug-likeness (QED) is 0.794. The second-order valence-corrected chi connectivity index (χ2v) is 4.04. The molecule has 1 aromatic rings. The van der Waals surface area contributed by atoms with Crippen molar-refractivity contribution in [2.24, 2.45) is 0 Å². The van der Waals surface area contributed by atoms with E-state index in [1.165, 1.54) is 5.56 Å². The van der Waals surface area contributed by atoms with Crippen LogP contribution in [0.5, 0.6) is 5.75 Å². The molecule has 3 heteroatoms. The third-order valence-electron chi connectivity index (χ3n) is 2.27. The molecular formula is C10H11BrO2. The van der Waals surface area contributed by atoms with Gasteiger partial charge in [-0.1, -0.05) is 22.0 Å². The Morgan fingerprint density at radius 1 is 1.46 bits per heavy atom. The fourth-order valence-corrected chi connectivity index (χ4v) is 1.78. The lowest BCUT2D eigenvalue weighted by molar-refractivity contribution is 0.00752. The predicted octanol–water partition coefficient (Wildman–Crippen LogP) is 2.57. The maximum absolute atomic E-state index is 5.30. The summed E-state index contributed by atoms with van der Waals surface area (Å²) in [7, 11) is 1.70. The zero-order chi connectivity index (χ0) is 9.26. The van der Waals surface area contributed by atoms with Crippen molar-refractivity contribution in [3.05, 3.63) is 28.2 Å². The molecule has 13 heavy (non-hydrogen) atoms. The van der Waals surface area contributed by atoms with Crippen LogP contribution in [-0.4, -0.2) is 20.3 Å². The van der Waals surface area contributed by atoms with Crippen LogP contribution < -0.4 is 4.74 Å². The minimum absolute atomic E-state index is 0.517. The van der Waals surface area contributed by atoms with Crippen molar-refractivity contribution in [1.29, 1.82) is 0 Å². The van der Waals surface area contributed by atoms with Crippen molar-refractivity contribution in [3.63, 3.8) is 0 Å². The molecular weight excluding hydrogens is 232 g/mol. The molecule has 0 spiro atoms. The number of hydrogen-bond acceptors (Lipinski definition) is 2. The summed E-state index contributed by atoms with van der Waals surface area (Å²) in [6.45, 7) is 1.63. The first-order valence-electron chi connectivity index (χ1n) is 4.22. The van der Waals surface area contributed by atoms with Crippen molar-refractivity contribution in [1.82, 2.24) is 0 Å². The normalized spacial score (nSPS) is 16.8. The second-order valence-electron chi connectivity index (χ2n) is 3.12. The summed E-state index contributed by atoms with van der Waals surface area (Å²) in [6.07, 6.45) is 0. The van der Waals surface area contributed by atoms with Gasteiger partial charge in [0, 0.05) is 16.0 Å². The van der Waals surface area contributed by atoms with E-state index < -0.39 is 0 Å². The minimum atomic E-state index is 0.517. The zero-order valence-corrected chi connectivity index (χ0v) is 9.00. The fourth-order valence-electron chi connectivity index (χ4n) is 1.44. The van der Waals surface area contributed by atoms with Crippen LogP contribution >= 0.6 is 15.9 Å². The Kier molecular flexibility index (Phi) is 2.56. The van der Waals surface area contributed by atoms with E-state index in [0.717, 1.165) is 23.4 Å². The molecule has 1 aliphatic rings. The standard InChI is InChI=1S/C10H11BrO2/c1-12-10-4-8(11)2-3-9(10)7-5-13-6-7/h2-4,7H,5-6H2,1H3. The maximum atomic E-state index is 5.30. The molecule has 0 aliphatic carbocycles. The van der Waals surface area contributed by atoms with Crippen LogP contribution in [-0.2, 0) is 4.74 Å². The van der Waals surface area contributed by atoms with E-state index in [-0.39, 0.29) is 0 Å². The molecule has 0 radical (unpaired) electrons. The Bertz CT molecular complexity index is 308. The van der Waals surface area contributed by atoms with Gasteiger partial charge in [0.2, 0.25) is 0 Å². The monoisotopic (exact) mass is 242 g/mol. The molecule has 0 unspecified atom stereocenters. The minimum Gasteiger partial charge on any atom is -0.496 e.